The highest BCUT2D eigenvalue weighted by Gasteiger charge is 2.09. The van der Waals surface area contributed by atoms with Crippen molar-refractivity contribution in [2.75, 3.05) is 37.4 Å². The number of nitrogens with zero attached hydrogens (tertiary/aromatic N) is 3. The van der Waals surface area contributed by atoms with Gasteiger partial charge in [-0.1, -0.05) is 18.6 Å². The highest BCUT2D eigenvalue weighted by Crippen LogP contribution is 2.18. The first-order valence-electron chi connectivity index (χ1n) is 9.25. The first kappa shape index (κ1) is 18.7. The van der Waals surface area contributed by atoms with E-state index in [-0.39, 0.29) is 0 Å². The second-order valence-electron chi connectivity index (χ2n) is 6.44. The molecule has 3 N–H and O–H groups in total. The SMILES string of the molecule is Nc1csc(NN=Cc2ccccc2OCCCCN2CCCCC2)n1. The number of aromatic nitrogens is 1. The molecule has 0 unspecified atom stereocenters. The van der Waals surface area contributed by atoms with E-state index in [1.54, 1.807) is 11.6 Å². The summed E-state index contributed by atoms with van der Waals surface area (Å²) in [5.74, 6) is 1.36. The normalized spacial score (nSPS) is 15.4. The molecule has 0 saturated carbocycles. The van der Waals surface area contributed by atoms with Crippen LogP contribution in [0.25, 0.3) is 0 Å². The third-order valence-corrected chi connectivity index (χ3v) is 5.14. The fourth-order valence-corrected chi connectivity index (χ4v) is 3.56. The Morgan fingerprint density at radius 3 is 2.88 bits per heavy atom. The molecule has 1 saturated heterocycles. The van der Waals surface area contributed by atoms with Crippen LogP contribution in [0, 0.1) is 0 Å². The maximum absolute atomic E-state index is 5.96. The zero-order valence-electron chi connectivity index (χ0n) is 15.1. The van der Waals surface area contributed by atoms with Gasteiger partial charge in [0.15, 0.2) is 0 Å². The number of benzene rings is 1. The molecule has 1 aliphatic heterocycles. The molecule has 2 aromatic rings. The summed E-state index contributed by atoms with van der Waals surface area (Å²) in [6.45, 7) is 4.44. The fraction of sp³-hybridized carbons (Fsp3) is 0.474. The van der Waals surface area contributed by atoms with Gasteiger partial charge in [0, 0.05) is 10.9 Å². The minimum atomic E-state index is 0.501. The van der Waals surface area contributed by atoms with E-state index in [1.165, 1.54) is 56.7 Å². The van der Waals surface area contributed by atoms with E-state index >= 15 is 0 Å². The van der Waals surface area contributed by atoms with Crippen molar-refractivity contribution < 1.29 is 4.74 Å². The molecule has 26 heavy (non-hydrogen) atoms. The lowest BCUT2D eigenvalue weighted by Gasteiger charge is -2.26. The van der Waals surface area contributed by atoms with Crippen LogP contribution in [0.4, 0.5) is 10.9 Å². The average molecular weight is 374 g/mol. The minimum absolute atomic E-state index is 0.501. The van der Waals surface area contributed by atoms with Crippen LogP contribution in [0.2, 0.25) is 0 Å². The van der Waals surface area contributed by atoms with Crippen molar-refractivity contribution in [1.29, 1.82) is 0 Å². The number of nitrogen functional groups attached to an aromatic ring is 1. The van der Waals surface area contributed by atoms with Crippen molar-refractivity contribution in [3.05, 3.63) is 35.2 Å². The smallest absolute Gasteiger partial charge is 0.205 e. The molecule has 0 bridgehead atoms. The molecule has 1 aromatic heterocycles. The van der Waals surface area contributed by atoms with Crippen molar-refractivity contribution in [2.45, 2.75) is 32.1 Å². The number of anilines is 2. The van der Waals surface area contributed by atoms with Gasteiger partial charge in [-0.15, -0.1) is 11.3 Å². The van der Waals surface area contributed by atoms with Gasteiger partial charge in [0.25, 0.3) is 0 Å². The molecular weight excluding hydrogens is 346 g/mol. The fourth-order valence-electron chi connectivity index (χ4n) is 3.02. The summed E-state index contributed by atoms with van der Waals surface area (Å²) in [6.07, 6.45) is 8.10. The van der Waals surface area contributed by atoms with Crippen LogP contribution in [0.1, 0.15) is 37.7 Å². The standard InChI is InChI=1S/C19H27N5OS/c20-18-15-26-19(22-18)23-21-14-16-8-2-3-9-17(16)25-13-7-6-12-24-10-4-1-5-11-24/h2-3,8-9,14-15H,1,4-7,10-13,20H2,(H,22,23). The molecule has 140 valence electrons. The lowest BCUT2D eigenvalue weighted by Crippen LogP contribution is -2.30. The number of nitrogens with one attached hydrogen (secondary N) is 1. The number of unbranched alkanes of at least 4 members (excludes halogenated alkanes) is 1. The summed E-state index contributed by atoms with van der Waals surface area (Å²) < 4.78 is 5.96. The number of rotatable bonds is 9. The van der Waals surface area contributed by atoms with Crippen LogP contribution in [0.15, 0.2) is 34.7 Å². The molecule has 0 aliphatic carbocycles. The Labute approximate surface area is 159 Å². The Balaban J connectivity index is 1.41. The summed E-state index contributed by atoms with van der Waals surface area (Å²) in [6, 6.07) is 7.93. The van der Waals surface area contributed by atoms with Crippen LogP contribution >= 0.6 is 11.3 Å². The molecule has 1 aromatic carbocycles. The van der Waals surface area contributed by atoms with E-state index in [4.69, 9.17) is 10.5 Å². The van der Waals surface area contributed by atoms with E-state index in [0.29, 0.717) is 10.9 Å². The summed E-state index contributed by atoms with van der Waals surface area (Å²) in [5, 5.41) is 6.67. The molecule has 2 heterocycles. The van der Waals surface area contributed by atoms with Gasteiger partial charge in [-0.3, -0.25) is 5.43 Å². The number of hydrogen-bond donors (Lipinski definition) is 2. The van der Waals surface area contributed by atoms with Gasteiger partial charge in [0.1, 0.15) is 11.6 Å². The highest BCUT2D eigenvalue weighted by atomic mass is 32.1. The molecule has 6 nitrogen and oxygen atoms in total. The number of hydrazone groups is 1. The van der Waals surface area contributed by atoms with E-state index in [2.05, 4.69) is 20.4 Å². The molecule has 0 spiro atoms. The van der Waals surface area contributed by atoms with Crippen molar-refractivity contribution in [2.24, 2.45) is 5.10 Å². The Morgan fingerprint density at radius 2 is 2.08 bits per heavy atom. The summed E-state index contributed by atoms with van der Waals surface area (Å²) in [5.41, 5.74) is 9.43. The van der Waals surface area contributed by atoms with E-state index in [9.17, 15) is 0 Å². The van der Waals surface area contributed by atoms with Crippen molar-refractivity contribution in [1.82, 2.24) is 9.88 Å². The number of piperidine rings is 1. The van der Waals surface area contributed by atoms with Crippen LogP contribution in [-0.4, -0.2) is 42.3 Å². The Hall–Kier alpha value is -2.12. The topological polar surface area (TPSA) is 75.8 Å². The molecule has 0 atom stereocenters. The summed E-state index contributed by atoms with van der Waals surface area (Å²) in [4.78, 5) is 6.68. The Morgan fingerprint density at radius 1 is 1.23 bits per heavy atom. The first-order chi connectivity index (χ1) is 12.8. The predicted molar refractivity (Wildman–Crippen MR) is 109 cm³/mol. The number of likely N-dealkylation sites (tertiary alicyclic amines) is 1. The van der Waals surface area contributed by atoms with Gasteiger partial charge in [0.2, 0.25) is 5.13 Å². The zero-order valence-corrected chi connectivity index (χ0v) is 15.9. The molecule has 1 fully saturated rings. The van der Waals surface area contributed by atoms with Gasteiger partial charge < -0.3 is 15.4 Å². The second-order valence-corrected chi connectivity index (χ2v) is 7.30. The number of hydrogen-bond acceptors (Lipinski definition) is 7. The lowest BCUT2D eigenvalue weighted by atomic mass is 10.1. The number of nitrogens with two attached hydrogens (primary N) is 1. The van der Waals surface area contributed by atoms with Crippen LogP contribution in [0.5, 0.6) is 5.75 Å². The Bertz CT molecular complexity index is 697. The maximum atomic E-state index is 5.96. The van der Waals surface area contributed by atoms with Gasteiger partial charge in [-0.2, -0.15) is 5.10 Å². The van der Waals surface area contributed by atoms with Gasteiger partial charge in [-0.05, 0) is 57.5 Å². The molecule has 3 rings (SSSR count). The van der Waals surface area contributed by atoms with Crippen molar-refractivity contribution >= 4 is 28.5 Å². The molecule has 1 aliphatic rings. The number of thiazole rings is 1. The molecular formula is C19H27N5OS. The lowest BCUT2D eigenvalue weighted by molar-refractivity contribution is 0.216. The monoisotopic (exact) mass is 373 g/mol. The Kier molecular flexibility index (Phi) is 7.27. The van der Waals surface area contributed by atoms with Crippen LogP contribution in [0.3, 0.4) is 0 Å². The number of para-hydroxylation sites is 1. The van der Waals surface area contributed by atoms with Crippen LogP contribution in [-0.2, 0) is 0 Å². The van der Waals surface area contributed by atoms with Gasteiger partial charge >= 0.3 is 0 Å². The summed E-state index contributed by atoms with van der Waals surface area (Å²) >= 11 is 1.42. The molecule has 0 amide bonds. The van der Waals surface area contributed by atoms with E-state index in [0.717, 1.165) is 24.3 Å². The first-order valence-corrected chi connectivity index (χ1v) is 10.1. The van der Waals surface area contributed by atoms with Crippen molar-refractivity contribution in [3.63, 3.8) is 0 Å². The van der Waals surface area contributed by atoms with E-state index < -0.39 is 0 Å². The van der Waals surface area contributed by atoms with E-state index in [1.807, 2.05) is 24.3 Å². The summed E-state index contributed by atoms with van der Waals surface area (Å²) in [7, 11) is 0. The third-order valence-electron chi connectivity index (χ3n) is 4.38. The molecule has 7 heteroatoms. The van der Waals surface area contributed by atoms with Crippen molar-refractivity contribution in [3.8, 4) is 5.75 Å². The maximum Gasteiger partial charge on any atom is 0.205 e. The van der Waals surface area contributed by atoms with Gasteiger partial charge in [0.05, 0.1) is 12.8 Å². The number of ether oxygens (including phenoxy) is 1. The third kappa shape index (κ3) is 6.00. The highest BCUT2D eigenvalue weighted by molar-refractivity contribution is 7.14. The predicted octanol–water partition coefficient (Wildman–Crippen LogP) is 3.82. The second kappa shape index (κ2) is 10.1. The quantitative estimate of drug-likeness (QED) is 0.397. The average Bonchev–Trinajstić information content (AvgIpc) is 3.08. The molecule has 0 radical (unpaired) electrons. The largest absolute Gasteiger partial charge is 0.493 e. The minimum Gasteiger partial charge on any atom is -0.493 e. The van der Waals surface area contributed by atoms with Crippen LogP contribution < -0.4 is 15.9 Å². The van der Waals surface area contributed by atoms with Gasteiger partial charge in [-0.25, -0.2) is 4.98 Å². The zero-order chi connectivity index (χ0) is 18.0.